The smallest absolute Gasteiger partial charge is 0.254 e. The molecule has 1 aromatic carbocycles. The van der Waals surface area contributed by atoms with E-state index < -0.39 is 0 Å². The van der Waals surface area contributed by atoms with Crippen molar-refractivity contribution in [1.29, 1.82) is 0 Å². The van der Waals surface area contributed by atoms with Crippen molar-refractivity contribution in [3.63, 3.8) is 0 Å². The Kier molecular flexibility index (Phi) is 3.49. The Morgan fingerprint density at radius 3 is 2.75 bits per heavy atom. The normalized spacial score (nSPS) is 10.7. The van der Waals surface area contributed by atoms with Gasteiger partial charge in [0.15, 0.2) is 0 Å². The second-order valence-electron chi connectivity index (χ2n) is 5.28. The Morgan fingerprint density at radius 1 is 1.00 bits per heavy atom. The van der Waals surface area contributed by atoms with Gasteiger partial charge in [0.05, 0.1) is 18.1 Å². The maximum absolute atomic E-state index is 7.26. The zero-order chi connectivity index (χ0) is 16.5. The fourth-order valence-corrected chi connectivity index (χ4v) is 2.90. The second kappa shape index (κ2) is 5.80. The lowest BCUT2D eigenvalue weighted by Gasteiger charge is -2.09. The van der Waals surface area contributed by atoms with Crippen LogP contribution in [0, 0.1) is 6.57 Å². The fourth-order valence-electron chi connectivity index (χ4n) is 2.71. The second-order valence-corrected chi connectivity index (χ2v) is 5.72. The first-order valence-electron chi connectivity index (χ1n) is 7.32. The molecule has 3 heterocycles. The predicted molar refractivity (Wildman–Crippen MR) is 95.1 cm³/mol. The summed E-state index contributed by atoms with van der Waals surface area (Å²) in [6, 6.07) is 15.4. The minimum absolute atomic E-state index is 0.486. The molecule has 4 aromatic rings. The molecular weight excluding hydrogens is 320 g/mol. The molecule has 0 radical (unpaired) electrons. The van der Waals surface area contributed by atoms with Gasteiger partial charge >= 0.3 is 0 Å². The standard InChI is InChI=1S/C19H11ClN4/c1-21-18-11-23-17-8-7-14(12-24(17)18)16-6-3-9-22-19(16)13-4-2-5-15(20)10-13/h2-12H. The van der Waals surface area contributed by atoms with Crippen molar-refractivity contribution in [3.05, 3.63) is 83.6 Å². The van der Waals surface area contributed by atoms with Crippen LogP contribution < -0.4 is 0 Å². The molecule has 0 saturated carbocycles. The number of halogens is 1. The molecule has 0 aliphatic carbocycles. The molecule has 3 aromatic heterocycles. The Morgan fingerprint density at radius 2 is 1.92 bits per heavy atom. The topological polar surface area (TPSA) is 34.5 Å². The Bertz CT molecular complexity index is 1090. The molecule has 5 heteroatoms. The van der Waals surface area contributed by atoms with E-state index in [4.69, 9.17) is 18.2 Å². The van der Waals surface area contributed by atoms with Gasteiger partial charge in [-0.15, -0.1) is 0 Å². The Hall–Kier alpha value is -3.16. The maximum Gasteiger partial charge on any atom is 0.254 e. The maximum atomic E-state index is 7.26. The molecular formula is C19H11ClN4. The molecule has 0 saturated heterocycles. The van der Waals surface area contributed by atoms with Gasteiger partial charge in [0, 0.05) is 34.0 Å². The molecule has 24 heavy (non-hydrogen) atoms. The van der Waals surface area contributed by atoms with Crippen molar-refractivity contribution < 1.29 is 0 Å². The third-order valence-electron chi connectivity index (χ3n) is 3.82. The zero-order valence-corrected chi connectivity index (χ0v) is 13.3. The number of nitrogens with zero attached hydrogens (tertiary/aromatic N) is 4. The van der Waals surface area contributed by atoms with Gasteiger partial charge in [-0.3, -0.25) is 4.98 Å². The first-order valence-corrected chi connectivity index (χ1v) is 7.70. The molecule has 0 atom stereocenters. The van der Waals surface area contributed by atoms with Crippen molar-refractivity contribution >= 4 is 23.1 Å². The molecule has 4 rings (SSSR count). The van der Waals surface area contributed by atoms with Crippen molar-refractivity contribution in [3.8, 4) is 22.4 Å². The number of hydrogen-bond acceptors (Lipinski definition) is 2. The SMILES string of the molecule is [C-]#[N+]c1cnc2ccc(-c3cccnc3-c3cccc(Cl)c3)cn12. The van der Waals surface area contributed by atoms with Crippen LogP contribution in [0.2, 0.25) is 5.02 Å². The highest BCUT2D eigenvalue weighted by molar-refractivity contribution is 6.30. The molecule has 0 aliphatic heterocycles. The van der Waals surface area contributed by atoms with Gasteiger partial charge in [-0.2, -0.15) is 0 Å². The first kappa shape index (κ1) is 14.4. The largest absolute Gasteiger partial charge is 0.362 e. The highest BCUT2D eigenvalue weighted by Gasteiger charge is 2.12. The minimum atomic E-state index is 0.486. The van der Waals surface area contributed by atoms with Crippen molar-refractivity contribution in [2.24, 2.45) is 0 Å². The molecule has 0 amide bonds. The number of benzene rings is 1. The number of hydrogen-bond donors (Lipinski definition) is 0. The van der Waals surface area contributed by atoms with E-state index in [9.17, 15) is 0 Å². The fraction of sp³-hybridized carbons (Fsp3) is 0. The van der Waals surface area contributed by atoms with Gasteiger partial charge in [0.25, 0.3) is 5.82 Å². The molecule has 0 bridgehead atoms. The highest BCUT2D eigenvalue weighted by atomic mass is 35.5. The van der Waals surface area contributed by atoms with Crippen molar-refractivity contribution in [2.45, 2.75) is 0 Å². The Labute approximate surface area is 143 Å². The van der Waals surface area contributed by atoms with E-state index in [2.05, 4.69) is 14.8 Å². The summed E-state index contributed by atoms with van der Waals surface area (Å²) in [5, 5.41) is 0.671. The minimum Gasteiger partial charge on any atom is -0.362 e. The number of aromatic nitrogens is 3. The molecule has 114 valence electrons. The molecule has 0 N–H and O–H groups in total. The van der Waals surface area contributed by atoms with Gasteiger partial charge in [-0.1, -0.05) is 36.4 Å². The summed E-state index contributed by atoms with van der Waals surface area (Å²) < 4.78 is 1.79. The third kappa shape index (κ3) is 2.41. The van der Waals surface area contributed by atoms with E-state index in [1.165, 1.54) is 0 Å². The lowest BCUT2D eigenvalue weighted by atomic mass is 10.0. The summed E-state index contributed by atoms with van der Waals surface area (Å²) in [7, 11) is 0. The van der Waals surface area contributed by atoms with Gasteiger partial charge in [-0.25, -0.2) is 9.38 Å². The van der Waals surface area contributed by atoms with Crippen LogP contribution in [-0.2, 0) is 0 Å². The molecule has 0 aliphatic rings. The number of imidazole rings is 1. The van der Waals surface area contributed by atoms with Crippen LogP contribution in [0.25, 0.3) is 32.9 Å². The van der Waals surface area contributed by atoms with E-state index in [0.717, 1.165) is 28.0 Å². The van der Waals surface area contributed by atoms with Crippen LogP contribution >= 0.6 is 11.6 Å². The van der Waals surface area contributed by atoms with E-state index >= 15 is 0 Å². The number of rotatable bonds is 2. The lowest BCUT2D eigenvalue weighted by Crippen LogP contribution is -1.91. The van der Waals surface area contributed by atoms with E-state index in [1.54, 1.807) is 16.8 Å². The van der Waals surface area contributed by atoms with E-state index in [1.807, 2.05) is 54.7 Å². The van der Waals surface area contributed by atoms with E-state index in [0.29, 0.717) is 10.8 Å². The van der Waals surface area contributed by atoms with Gasteiger partial charge in [0.2, 0.25) is 5.65 Å². The number of pyridine rings is 2. The monoisotopic (exact) mass is 330 g/mol. The summed E-state index contributed by atoms with van der Waals surface area (Å²) in [6.07, 6.45) is 5.26. The van der Waals surface area contributed by atoms with Gasteiger partial charge in [0.1, 0.15) is 0 Å². The summed E-state index contributed by atoms with van der Waals surface area (Å²) in [4.78, 5) is 12.3. The van der Waals surface area contributed by atoms with Gasteiger partial charge in [-0.05, 0) is 24.3 Å². The van der Waals surface area contributed by atoms with Crippen LogP contribution in [0.3, 0.4) is 0 Å². The third-order valence-corrected chi connectivity index (χ3v) is 4.05. The van der Waals surface area contributed by atoms with Crippen LogP contribution in [0.15, 0.2) is 67.1 Å². The molecule has 0 spiro atoms. The first-order chi connectivity index (χ1) is 11.8. The van der Waals surface area contributed by atoms with Crippen molar-refractivity contribution in [2.75, 3.05) is 0 Å². The average Bonchev–Trinajstić information content (AvgIpc) is 3.04. The summed E-state index contributed by atoms with van der Waals surface area (Å²) >= 11 is 6.12. The van der Waals surface area contributed by atoms with Crippen LogP contribution in [0.1, 0.15) is 0 Å². The predicted octanol–water partition coefficient (Wildman–Crippen LogP) is 5.27. The molecule has 4 nitrogen and oxygen atoms in total. The van der Waals surface area contributed by atoms with E-state index in [-0.39, 0.29) is 0 Å². The van der Waals surface area contributed by atoms with Crippen LogP contribution in [0.5, 0.6) is 0 Å². The quantitative estimate of drug-likeness (QED) is 0.469. The average molecular weight is 331 g/mol. The lowest BCUT2D eigenvalue weighted by molar-refractivity contribution is 1.20. The molecule has 0 fully saturated rings. The van der Waals surface area contributed by atoms with Gasteiger partial charge < -0.3 is 4.85 Å². The van der Waals surface area contributed by atoms with Crippen LogP contribution in [0.4, 0.5) is 5.82 Å². The van der Waals surface area contributed by atoms with Crippen molar-refractivity contribution in [1.82, 2.24) is 14.4 Å². The zero-order valence-electron chi connectivity index (χ0n) is 12.5. The molecule has 0 unspecified atom stereocenters. The number of fused-ring (bicyclic) bond motifs is 1. The summed E-state index contributed by atoms with van der Waals surface area (Å²) in [5.74, 6) is 0.486. The Balaban J connectivity index is 1.93. The van der Waals surface area contributed by atoms with Crippen LogP contribution in [-0.4, -0.2) is 14.4 Å². The summed E-state index contributed by atoms with van der Waals surface area (Å²) in [6.45, 7) is 7.26. The highest BCUT2D eigenvalue weighted by Crippen LogP contribution is 2.32. The summed E-state index contributed by atoms with van der Waals surface area (Å²) in [5.41, 5.74) is 4.50.